The maximum Gasteiger partial charge on any atom is 0.524 e. The molecule has 0 aromatic heterocycles. The Morgan fingerprint density at radius 2 is 1.76 bits per heavy atom. The smallest absolute Gasteiger partial charge is 0.329 e. The van der Waals surface area contributed by atoms with Crippen molar-refractivity contribution in [2.45, 2.75) is 35.1 Å². The second-order valence-corrected chi connectivity index (χ2v) is 12.3. The number of benzene rings is 2. The molecular weight excluding hydrogens is 564 g/mol. The summed E-state index contributed by atoms with van der Waals surface area (Å²) in [5, 5.41) is 0.165. The topological polar surface area (TPSA) is 75.7 Å². The van der Waals surface area contributed by atoms with Crippen LogP contribution in [-0.4, -0.2) is 56.5 Å². The molecule has 1 saturated heterocycles. The van der Waals surface area contributed by atoms with Gasteiger partial charge >= 0.3 is 6.36 Å². The molecule has 0 radical (unpaired) electrons. The van der Waals surface area contributed by atoms with Gasteiger partial charge in [-0.1, -0.05) is 65.7 Å². The lowest BCUT2D eigenvalue weighted by Crippen LogP contribution is -2.44. The van der Waals surface area contributed by atoms with Crippen LogP contribution in [0.25, 0.3) is 5.57 Å². The maximum absolute atomic E-state index is 13.5. The van der Waals surface area contributed by atoms with Crippen LogP contribution in [-0.2, 0) is 19.4 Å². The number of sulfone groups is 1. The minimum Gasteiger partial charge on any atom is -0.329 e. The highest BCUT2D eigenvalue weighted by Crippen LogP contribution is 2.48. The van der Waals surface area contributed by atoms with Gasteiger partial charge in [-0.2, -0.15) is 0 Å². The van der Waals surface area contributed by atoms with E-state index in [4.69, 9.17) is 23.2 Å². The molecule has 2 atom stereocenters. The Labute approximate surface area is 229 Å². The van der Waals surface area contributed by atoms with E-state index >= 15 is 0 Å². The van der Waals surface area contributed by atoms with Crippen molar-refractivity contribution >= 4 is 44.5 Å². The average Bonchev–Trinajstić information content (AvgIpc) is 2.76. The predicted molar refractivity (Wildman–Crippen MR) is 139 cm³/mol. The number of likely N-dealkylation sites (tertiary alicyclic amines) is 1. The van der Waals surface area contributed by atoms with Gasteiger partial charge in [-0.05, 0) is 48.8 Å². The van der Waals surface area contributed by atoms with Crippen molar-refractivity contribution in [3.63, 3.8) is 0 Å². The first kappa shape index (κ1) is 28.6. The van der Waals surface area contributed by atoms with E-state index in [-0.39, 0.29) is 21.2 Å². The largest absolute Gasteiger partial charge is 0.524 e. The molecule has 2 aliphatic rings. The molecule has 1 fully saturated rings. The van der Waals surface area contributed by atoms with Gasteiger partial charge < -0.3 is 10.2 Å². The zero-order valence-corrected chi connectivity index (χ0v) is 22.6. The first-order valence-corrected chi connectivity index (χ1v) is 14.4. The van der Waals surface area contributed by atoms with E-state index < -0.39 is 39.5 Å². The first-order chi connectivity index (χ1) is 17.7. The summed E-state index contributed by atoms with van der Waals surface area (Å²) in [5.74, 6) is -1.22. The number of nitrogens with zero attached hydrogens (tertiary/aromatic N) is 1. The van der Waals surface area contributed by atoms with Crippen molar-refractivity contribution in [2.75, 3.05) is 25.9 Å². The fourth-order valence-corrected chi connectivity index (χ4v) is 5.97. The van der Waals surface area contributed by atoms with Gasteiger partial charge in [0.2, 0.25) is 5.91 Å². The van der Waals surface area contributed by atoms with Gasteiger partial charge in [0.1, 0.15) is 0 Å². The molecule has 0 saturated carbocycles. The predicted octanol–water partition coefficient (Wildman–Crippen LogP) is 5.40. The molecule has 1 heterocycles. The molecule has 204 valence electrons. The lowest BCUT2D eigenvalue weighted by molar-refractivity contribution is -0.342. The average molecular weight is 589 g/mol. The number of allylic oxidation sites excluding steroid dienone is 2. The number of ether oxygens (including phenoxy) is 1. The number of nitrogens with one attached hydrogen (secondary N) is 1. The van der Waals surface area contributed by atoms with Gasteiger partial charge in [0, 0.05) is 30.5 Å². The number of amides is 1. The molecule has 1 aliphatic carbocycles. The number of rotatable bonds is 8. The highest BCUT2D eigenvalue weighted by Gasteiger charge is 2.48. The Morgan fingerprint density at radius 3 is 2.29 bits per heavy atom. The number of carbonyl (C=O) groups excluding carboxylic acids is 1. The quantitative estimate of drug-likeness (QED) is 0.418. The van der Waals surface area contributed by atoms with Crippen LogP contribution >= 0.6 is 23.2 Å². The molecule has 12 heteroatoms. The third-order valence-corrected chi connectivity index (χ3v) is 8.20. The van der Waals surface area contributed by atoms with E-state index in [2.05, 4.69) is 15.0 Å². The van der Waals surface area contributed by atoms with Crippen LogP contribution in [0.1, 0.15) is 29.9 Å². The van der Waals surface area contributed by atoms with E-state index in [0.29, 0.717) is 17.7 Å². The molecule has 1 amide bonds. The molecular formula is C26H25Cl2F3N2O4S. The van der Waals surface area contributed by atoms with E-state index in [0.717, 1.165) is 25.8 Å². The molecule has 2 unspecified atom stereocenters. The molecule has 2 aromatic rings. The number of halogens is 5. The van der Waals surface area contributed by atoms with Gasteiger partial charge in [0.15, 0.2) is 14.9 Å². The lowest BCUT2D eigenvalue weighted by Gasteiger charge is -2.36. The summed E-state index contributed by atoms with van der Waals surface area (Å²) in [6.45, 7) is 1.95. The molecule has 38 heavy (non-hydrogen) atoms. The van der Waals surface area contributed by atoms with Gasteiger partial charge in [-0.25, -0.2) is 8.42 Å². The van der Waals surface area contributed by atoms with E-state index in [1.807, 2.05) is 0 Å². The van der Waals surface area contributed by atoms with E-state index in [1.54, 1.807) is 42.5 Å². The fourth-order valence-electron chi connectivity index (χ4n) is 4.45. The van der Waals surface area contributed by atoms with Crippen molar-refractivity contribution in [1.29, 1.82) is 0 Å². The van der Waals surface area contributed by atoms with Crippen LogP contribution in [0.15, 0.2) is 76.3 Å². The van der Waals surface area contributed by atoms with Gasteiger partial charge in [0.25, 0.3) is 0 Å². The molecule has 6 nitrogen and oxygen atoms in total. The van der Waals surface area contributed by atoms with Crippen molar-refractivity contribution in [2.24, 2.45) is 0 Å². The Morgan fingerprint density at radius 1 is 1.13 bits per heavy atom. The van der Waals surface area contributed by atoms with Crippen molar-refractivity contribution in [3.8, 4) is 0 Å². The molecule has 1 N–H and O–H groups in total. The standard InChI is InChI=1S/C26H25Cl2F3N2O4S/c1-38(35,36)20-10-8-17(9-11-20)21(16-33-12-5-13-33)24(34)32-19-14-22(27)23(18-6-3-2-4-7-18)25(28,15-19)37-26(29,30)31/h2-4,6-11,14,21H,5,12-13,15-16H2,1H3,(H,32,34). The highest BCUT2D eigenvalue weighted by molar-refractivity contribution is 7.90. The Hall–Kier alpha value is -2.37. The van der Waals surface area contributed by atoms with Crippen molar-refractivity contribution in [1.82, 2.24) is 10.2 Å². The van der Waals surface area contributed by atoms with Crippen LogP contribution in [0.3, 0.4) is 0 Å². The summed E-state index contributed by atoms with van der Waals surface area (Å²) in [6, 6.07) is 14.1. The van der Waals surface area contributed by atoms with Gasteiger partial charge in [-0.15, -0.1) is 13.2 Å². The lowest BCUT2D eigenvalue weighted by atomic mass is 9.91. The number of hydrogen-bond donors (Lipinski definition) is 1. The minimum absolute atomic E-state index is 0.0558. The molecule has 2 aromatic carbocycles. The van der Waals surface area contributed by atoms with Crippen LogP contribution in [0, 0.1) is 0 Å². The third kappa shape index (κ3) is 6.79. The summed E-state index contributed by atoms with van der Waals surface area (Å²) in [4.78, 5) is 15.6. The highest BCUT2D eigenvalue weighted by atomic mass is 35.5. The number of alkyl halides is 4. The van der Waals surface area contributed by atoms with Crippen LogP contribution in [0.5, 0.6) is 0 Å². The zero-order valence-electron chi connectivity index (χ0n) is 20.3. The van der Waals surface area contributed by atoms with Gasteiger partial charge in [-0.3, -0.25) is 9.53 Å². The summed E-state index contributed by atoms with van der Waals surface area (Å²) in [6.07, 6.45) is -2.14. The summed E-state index contributed by atoms with van der Waals surface area (Å²) < 4.78 is 68.3. The summed E-state index contributed by atoms with van der Waals surface area (Å²) >= 11 is 12.9. The molecule has 1 aliphatic heterocycles. The third-order valence-electron chi connectivity index (χ3n) is 6.37. The Bertz CT molecular complexity index is 1360. The van der Waals surface area contributed by atoms with Crippen molar-refractivity contribution in [3.05, 3.63) is 82.5 Å². The first-order valence-electron chi connectivity index (χ1n) is 11.7. The normalized spacial score (nSPS) is 21.5. The number of carbonyl (C=O) groups is 1. The van der Waals surface area contributed by atoms with Gasteiger partial charge in [0.05, 0.1) is 15.8 Å². The SMILES string of the molecule is CS(=O)(=O)c1ccc(C(CN2CCC2)C(=O)NC2=CC(Cl)=C(c3ccccc3)C(Cl)(OC(F)(F)F)C2)cc1. The minimum atomic E-state index is -5.08. The zero-order chi connectivity index (χ0) is 27.7. The van der Waals surface area contributed by atoms with Crippen molar-refractivity contribution < 1.29 is 31.1 Å². The monoisotopic (exact) mass is 588 g/mol. The summed E-state index contributed by atoms with van der Waals surface area (Å²) in [7, 11) is -3.43. The molecule has 4 rings (SSSR count). The van der Waals surface area contributed by atoms with Crippen LogP contribution in [0.4, 0.5) is 13.2 Å². The van der Waals surface area contributed by atoms with E-state index in [9.17, 15) is 26.4 Å². The second-order valence-electron chi connectivity index (χ2n) is 9.25. The molecule has 0 spiro atoms. The van der Waals surface area contributed by atoms with E-state index in [1.165, 1.54) is 18.2 Å². The Balaban J connectivity index is 1.65. The van der Waals surface area contributed by atoms with Crippen LogP contribution in [0.2, 0.25) is 0 Å². The number of hydrogen-bond acceptors (Lipinski definition) is 5. The second kappa shape index (κ2) is 11.0. The maximum atomic E-state index is 13.5. The molecule has 0 bridgehead atoms. The Kier molecular flexibility index (Phi) is 8.30. The fraction of sp³-hybridized carbons (Fsp3) is 0.346. The van der Waals surface area contributed by atoms with Crippen LogP contribution < -0.4 is 5.32 Å². The summed E-state index contributed by atoms with van der Waals surface area (Å²) in [5.41, 5.74) is 0.902.